The third-order valence-electron chi connectivity index (χ3n) is 3.81. The number of hydrogen-bond acceptors (Lipinski definition) is 4. The average molecular weight is 286 g/mol. The van der Waals surface area contributed by atoms with Gasteiger partial charge in [0.15, 0.2) is 5.82 Å². The van der Waals surface area contributed by atoms with E-state index in [0.29, 0.717) is 6.61 Å². The summed E-state index contributed by atoms with van der Waals surface area (Å²) in [4.78, 5) is 0. The lowest BCUT2D eigenvalue weighted by Gasteiger charge is -2.16. The number of hydrogen-bond donors (Lipinski definition) is 1. The fourth-order valence-electron chi connectivity index (χ4n) is 2.78. The van der Waals surface area contributed by atoms with Crippen LogP contribution in [0, 0.1) is 0 Å². The molecule has 21 heavy (non-hydrogen) atoms. The molecule has 0 fully saturated rings. The van der Waals surface area contributed by atoms with Crippen molar-refractivity contribution in [2.75, 3.05) is 0 Å². The highest BCUT2D eigenvalue weighted by Gasteiger charge is 2.16. The van der Waals surface area contributed by atoms with E-state index in [1.54, 1.807) is 0 Å². The molecule has 2 N–H and O–H groups in total. The van der Waals surface area contributed by atoms with E-state index in [1.165, 1.54) is 12.8 Å². The quantitative estimate of drug-likeness (QED) is 0.914. The number of aryl methyl sites for hydroxylation is 1. The van der Waals surface area contributed by atoms with Crippen molar-refractivity contribution in [3.8, 4) is 5.75 Å². The van der Waals surface area contributed by atoms with Gasteiger partial charge in [0.1, 0.15) is 18.2 Å². The van der Waals surface area contributed by atoms with Crippen LogP contribution in [0.2, 0.25) is 0 Å². The van der Waals surface area contributed by atoms with Crippen LogP contribution in [0.3, 0.4) is 0 Å². The Balaban J connectivity index is 1.72. The summed E-state index contributed by atoms with van der Waals surface area (Å²) >= 11 is 0. The number of benzene rings is 1. The van der Waals surface area contributed by atoms with Crippen molar-refractivity contribution >= 4 is 0 Å². The first kappa shape index (κ1) is 14.1. The first-order valence-corrected chi connectivity index (χ1v) is 7.61. The Kier molecular flexibility index (Phi) is 4.20. The predicted octanol–water partition coefficient (Wildman–Crippen LogP) is 2.08. The largest absolute Gasteiger partial charge is 0.485 e. The lowest BCUT2D eigenvalue weighted by molar-refractivity contribution is 0.283. The molecule has 1 aromatic heterocycles. The molecule has 1 unspecified atom stereocenters. The number of nitrogens with zero attached hydrogens (tertiary/aromatic N) is 3. The molecule has 0 radical (unpaired) electrons. The van der Waals surface area contributed by atoms with Gasteiger partial charge in [0.05, 0.1) is 0 Å². The Morgan fingerprint density at radius 3 is 3.00 bits per heavy atom. The summed E-state index contributed by atoms with van der Waals surface area (Å²) in [5.41, 5.74) is 7.04. The van der Waals surface area contributed by atoms with Gasteiger partial charge in [-0.3, -0.25) is 0 Å². The van der Waals surface area contributed by atoms with Crippen molar-refractivity contribution in [2.45, 2.75) is 51.8 Å². The number of fused-ring (bicyclic) bond motifs is 1. The van der Waals surface area contributed by atoms with Gasteiger partial charge in [-0.15, -0.1) is 10.2 Å². The molecule has 112 valence electrons. The Labute approximate surface area is 125 Å². The monoisotopic (exact) mass is 286 g/mol. The van der Waals surface area contributed by atoms with Gasteiger partial charge in [0, 0.05) is 19.0 Å². The fraction of sp³-hybridized carbons (Fsp3) is 0.500. The summed E-state index contributed by atoms with van der Waals surface area (Å²) in [5.74, 6) is 2.90. The molecular formula is C16H22N4O. The smallest absolute Gasteiger partial charge is 0.171 e. The third kappa shape index (κ3) is 3.24. The number of nitrogens with two attached hydrogens (primary N) is 1. The second-order valence-electron chi connectivity index (χ2n) is 5.72. The SMILES string of the molecule is CC(N)Cc1ccccc1OCc1nnc2n1CCCC2. The van der Waals surface area contributed by atoms with Crippen molar-refractivity contribution in [2.24, 2.45) is 5.73 Å². The number of para-hydroxylation sites is 1. The zero-order valence-corrected chi connectivity index (χ0v) is 12.5. The van der Waals surface area contributed by atoms with Crippen molar-refractivity contribution in [1.82, 2.24) is 14.8 Å². The average Bonchev–Trinajstić information content (AvgIpc) is 2.89. The summed E-state index contributed by atoms with van der Waals surface area (Å²) in [7, 11) is 0. The maximum absolute atomic E-state index is 5.97. The van der Waals surface area contributed by atoms with Gasteiger partial charge in [-0.1, -0.05) is 18.2 Å². The van der Waals surface area contributed by atoms with Crippen LogP contribution in [0.5, 0.6) is 5.75 Å². The van der Waals surface area contributed by atoms with E-state index >= 15 is 0 Å². The third-order valence-corrected chi connectivity index (χ3v) is 3.81. The van der Waals surface area contributed by atoms with Gasteiger partial charge in [0.25, 0.3) is 0 Å². The van der Waals surface area contributed by atoms with E-state index in [0.717, 1.165) is 42.3 Å². The van der Waals surface area contributed by atoms with Crippen molar-refractivity contribution in [3.05, 3.63) is 41.5 Å². The summed E-state index contributed by atoms with van der Waals surface area (Å²) in [5, 5.41) is 8.52. The molecule has 1 aliphatic heterocycles. The highest BCUT2D eigenvalue weighted by Crippen LogP contribution is 2.21. The van der Waals surface area contributed by atoms with Crippen LogP contribution in [0.25, 0.3) is 0 Å². The van der Waals surface area contributed by atoms with Crippen molar-refractivity contribution < 1.29 is 4.74 Å². The first-order chi connectivity index (χ1) is 10.2. The van der Waals surface area contributed by atoms with Gasteiger partial charge in [-0.2, -0.15) is 0 Å². The molecule has 0 saturated carbocycles. The summed E-state index contributed by atoms with van der Waals surface area (Å²) in [6.07, 6.45) is 4.23. The number of rotatable bonds is 5. The zero-order valence-electron chi connectivity index (χ0n) is 12.5. The van der Waals surface area contributed by atoms with Crippen LogP contribution in [-0.4, -0.2) is 20.8 Å². The van der Waals surface area contributed by atoms with Crippen LogP contribution < -0.4 is 10.5 Å². The molecule has 1 atom stereocenters. The Bertz CT molecular complexity index is 606. The molecule has 3 rings (SSSR count). The van der Waals surface area contributed by atoms with E-state index in [1.807, 2.05) is 25.1 Å². The molecular weight excluding hydrogens is 264 g/mol. The number of ether oxygens (including phenoxy) is 1. The Hall–Kier alpha value is -1.88. The predicted molar refractivity (Wildman–Crippen MR) is 81.1 cm³/mol. The van der Waals surface area contributed by atoms with Gasteiger partial charge >= 0.3 is 0 Å². The van der Waals surface area contributed by atoms with Crippen LogP contribution in [0.1, 0.15) is 37.0 Å². The molecule has 5 nitrogen and oxygen atoms in total. The standard InChI is InChI=1S/C16H22N4O/c1-12(17)10-13-6-2-3-7-14(13)21-11-16-19-18-15-8-4-5-9-20(15)16/h2-3,6-7,12H,4-5,8-11,17H2,1H3. The Morgan fingerprint density at radius 1 is 1.29 bits per heavy atom. The van der Waals surface area contributed by atoms with E-state index in [2.05, 4.69) is 20.8 Å². The summed E-state index contributed by atoms with van der Waals surface area (Å²) in [6, 6.07) is 8.18. The molecule has 2 heterocycles. The topological polar surface area (TPSA) is 66.0 Å². The van der Waals surface area contributed by atoms with Crippen LogP contribution in [0.4, 0.5) is 0 Å². The molecule has 0 bridgehead atoms. The van der Waals surface area contributed by atoms with E-state index < -0.39 is 0 Å². The van der Waals surface area contributed by atoms with Gasteiger partial charge in [-0.05, 0) is 37.8 Å². The molecule has 0 amide bonds. The van der Waals surface area contributed by atoms with Crippen LogP contribution >= 0.6 is 0 Å². The Morgan fingerprint density at radius 2 is 2.14 bits per heavy atom. The molecule has 1 aromatic carbocycles. The maximum Gasteiger partial charge on any atom is 0.171 e. The van der Waals surface area contributed by atoms with E-state index in [9.17, 15) is 0 Å². The van der Waals surface area contributed by atoms with Gasteiger partial charge in [-0.25, -0.2) is 0 Å². The minimum absolute atomic E-state index is 0.121. The normalized spacial score (nSPS) is 15.5. The molecule has 2 aromatic rings. The lowest BCUT2D eigenvalue weighted by Crippen LogP contribution is -2.18. The zero-order chi connectivity index (χ0) is 14.7. The van der Waals surface area contributed by atoms with Crippen LogP contribution in [-0.2, 0) is 26.0 Å². The minimum Gasteiger partial charge on any atom is -0.485 e. The maximum atomic E-state index is 5.97. The highest BCUT2D eigenvalue weighted by molar-refractivity contribution is 5.34. The fourth-order valence-corrected chi connectivity index (χ4v) is 2.78. The lowest BCUT2D eigenvalue weighted by atomic mass is 10.1. The van der Waals surface area contributed by atoms with Crippen LogP contribution in [0.15, 0.2) is 24.3 Å². The van der Waals surface area contributed by atoms with Crippen molar-refractivity contribution in [1.29, 1.82) is 0 Å². The summed E-state index contributed by atoms with van der Waals surface area (Å²) in [6.45, 7) is 3.47. The molecule has 1 aliphatic rings. The second kappa shape index (κ2) is 6.26. The van der Waals surface area contributed by atoms with E-state index in [4.69, 9.17) is 10.5 Å². The minimum atomic E-state index is 0.121. The highest BCUT2D eigenvalue weighted by atomic mass is 16.5. The molecule has 0 aliphatic carbocycles. The molecule has 0 spiro atoms. The van der Waals surface area contributed by atoms with E-state index in [-0.39, 0.29) is 6.04 Å². The molecule has 0 saturated heterocycles. The second-order valence-corrected chi connectivity index (χ2v) is 5.72. The molecule has 5 heteroatoms. The van der Waals surface area contributed by atoms with Gasteiger partial charge in [0.2, 0.25) is 0 Å². The van der Waals surface area contributed by atoms with Gasteiger partial charge < -0.3 is 15.0 Å². The van der Waals surface area contributed by atoms with Crippen molar-refractivity contribution in [3.63, 3.8) is 0 Å². The first-order valence-electron chi connectivity index (χ1n) is 7.61. The summed E-state index contributed by atoms with van der Waals surface area (Å²) < 4.78 is 8.16. The number of aromatic nitrogens is 3.